The van der Waals surface area contributed by atoms with Crippen LogP contribution in [0, 0.1) is 5.82 Å². The van der Waals surface area contributed by atoms with Crippen molar-refractivity contribution >= 4 is 40.3 Å². The van der Waals surface area contributed by atoms with Crippen molar-refractivity contribution < 1.29 is 32.6 Å². The summed E-state index contributed by atoms with van der Waals surface area (Å²) in [6.45, 7) is 0. The molecule has 2 aliphatic rings. The summed E-state index contributed by atoms with van der Waals surface area (Å²) in [4.78, 5) is 5.68. The molecule has 1 aromatic carbocycles. The van der Waals surface area contributed by atoms with Gasteiger partial charge in [-0.15, -0.1) is 11.3 Å². The number of halogens is 6. The SMILES string of the molecule is OC(O)c1sc(C2=NOC(c3cc(Cl)c(F)c(Cl)c3)(C(F)(F)F)C2)c2c1CCC2. The van der Waals surface area contributed by atoms with Crippen LogP contribution in [-0.4, -0.2) is 22.1 Å². The fourth-order valence-electron chi connectivity index (χ4n) is 3.76. The molecule has 0 radical (unpaired) electrons. The van der Waals surface area contributed by atoms with E-state index in [1.54, 1.807) is 0 Å². The van der Waals surface area contributed by atoms with E-state index in [0.717, 1.165) is 41.0 Å². The molecule has 0 amide bonds. The number of aliphatic hydroxyl groups is 2. The van der Waals surface area contributed by atoms with Gasteiger partial charge in [0.05, 0.1) is 26.2 Å². The van der Waals surface area contributed by atoms with Gasteiger partial charge in [-0.05, 0) is 42.5 Å². The molecule has 1 aromatic heterocycles. The van der Waals surface area contributed by atoms with Crippen molar-refractivity contribution in [2.24, 2.45) is 5.16 Å². The van der Waals surface area contributed by atoms with E-state index in [2.05, 4.69) is 5.16 Å². The Labute approximate surface area is 176 Å². The third-order valence-corrected chi connectivity index (χ3v) is 7.05. The van der Waals surface area contributed by atoms with E-state index in [1.807, 2.05) is 0 Å². The van der Waals surface area contributed by atoms with Crippen LogP contribution in [0.15, 0.2) is 17.3 Å². The van der Waals surface area contributed by atoms with Gasteiger partial charge in [-0.3, -0.25) is 0 Å². The Balaban J connectivity index is 1.78. The molecule has 4 nitrogen and oxygen atoms in total. The molecule has 2 N–H and O–H groups in total. The van der Waals surface area contributed by atoms with Gasteiger partial charge in [0.25, 0.3) is 5.60 Å². The average molecular weight is 470 g/mol. The number of aliphatic hydroxyl groups excluding tert-OH is 1. The number of hydrogen-bond donors (Lipinski definition) is 2. The molecule has 156 valence electrons. The molecule has 0 saturated carbocycles. The molecule has 1 unspecified atom stereocenters. The maximum absolute atomic E-state index is 14.1. The van der Waals surface area contributed by atoms with Crippen LogP contribution in [0.1, 0.15) is 45.6 Å². The minimum atomic E-state index is -4.90. The molecule has 2 aromatic rings. The third kappa shape index (κ3) is 3.23. The first-order valence-corrected chi connectivity index (χ1v) is 10.1. The maximum Gasteiger partial charge on any atom is 0.435 e. The standard InChI is InChI=1S/C18H13Cl2F4NO3S/c19-10-4-7(5-11(20)13(10)21)17(18(22,23)24)6-12(25-28-17)14-8-2-1-3-9(8)15(29-14)16(26)27/h4-5,16,26-27H,1-3,6H2. The number of benzene rings is 1. The molecule has 29 heavy (non-hydrogen) atoms. The Morgan fingerprint density at radius 2 is 1.76 bits per heavy atom. The molecule has 0 bridgehead atoms. The molecule has 1 atom stereocenters. The molecular weight excluding hydrogens is 457 g/mol. The lowest BCUT2D eigenvalue weighted by atomic mass is 9.87. The van der Waals surface area contributed by atoms with Gasteiger partial charge in [-0.25, -0.2) is 4.39 Å². The van der Waals surface area contributed by atoms with Gasteiger partial charge in [0.2, 0.25) is 0 Å². The average Bonchev–Trinajstić information content (AvgIpc) is 3.32. The first-order chi connectivity index (χ1) is 13.5. The summed E-state index contributed by atoms with van der Waals surface area (Å²) in [6.07, 6.45) is -5.33. The van der Waals surface area contributed by atoms with Gasteiger partial charge in [0.15, 0.2) is 12.1 Å². The summed E-state index contributed by atoms with van der Waals surface area (Å²) in [5, 5.41) is 21.8. The summed E-state index contributed by atoms with van der Waals surface area (Å²) in [5.74, 6) is -1.02. The maximum atomic E-state index is 14.1. The molecule has 4 rings (SSSR count). The Kier molecular flexibility index (Phi) is 5.10. The van der Waals surface area contributed by atoms with Crippen molar-refractivity contribution in [1.29, 1.82) is 0 Å². The molecule has 2 heterocycles. The van der Waals surface area contributed by atoms with Crippen molar-refractivity contribution in [1.82, 2.24) is 0 Å². The largest absolute Gasteiger partial charge is 0.435 e. The number of fused-ring (bicyclic) bond motifs is 1. The van der Waals surface area contributed by atoms with Crippen LogP contribution in [0.5, 0.6) is 0 Å². The van der Waals surface area contributed by atoms with Gasteiger partial charge < -0.3 is 15.1 Å². The molecule has 1 aliphatic heterocycles. The molecule has 11 heteroatoms. The highest BCUT2D eigenvalue weighted by Gasteiger charge is 2.63. The highest BCUT2D eigenvalue weighted by molar-refractivity contribution is 7.14. The van der Waals surface area contributed by atoms with Crippen LogP contribution < -0.4 is 0 Å². The quantitative estimate of drug-likeness (QED) is 0.366. The highest BCUT2D eigenvalue weighted by Crippen LogP contribution is 2.51. The molecule has 0 fully saturated rings. The second kappa shape index (κ2) is 7.09. The number of thiophene rings is 1. The summed E-state index contributed by atoms with van der Waals surface area (Å²) in [5.41, 5.74) is -1.81. The van der Waals surface area contributed by atoms with E-state index in [0.29, 0.717) is 22.6 Å². The lowest BCUT2D eigenvalue weighted by Gasteiger charge is -2.29. The van der Waals surface area contributed by atoms with Crippen LogP contribution >= 0.6 is 34.5 Å². The first-order valence-electron chi connectivity index (χ1n) is 8.53. The summed E-state index contributed by atoms with van der Waals surface area (Å²) in [6, 6.07) is 1.66. The molecule has 0 saturated heterocycles. The minimum Gasteiger partial charge on any atom is -0.374 e. The van der Waals surface area contributed by atoms with Crippen LogP contribution in [0.25, 0.3) is 0 Å². The van der Waals surface area contributed by atoms with Gasteiger partial charge in [0.1, 0.15) is 5.71 Å². The number of oxime groups is 1. The predicted molar refractivity (Wildman–Crippen MR) is 99.9 cm³/mol. The Morgan fingerprint density at radius 1 is 1.14 bits per heavy atom. The van der Waals surface area contributed by atoms with Crippen molar-refractivity contribution in [2.75, 3.05) is 0 Å². The zero-order valence-electron chi connectivity index (χ0n) is 14.5. The van der Waals surface area contributed by atoms with Crippen LogP contribution in [-0.2, 0) is 23.3 Å². The minimum absolute atomic E-state index is 0.0361. The Morgan fingerprint density at radius 3 is 2.34 bits per heavy atom. The monoisotopic (exact) mass is 469 g/mol. The first kappa shape index (κ1) is 20.9. The van der Waals surface area contributed by atoms with Crippen LogP contribution in [0.4, 0.5) is 17.6 Å². The predicted octanol–water partition coefficient (Wildman–Crippen LogP) is 5.25. The highest BCUT2D eigenvalue weighted by atomic mass is 35.5. The van der Waals surface area contributed by atoms with Gasteiger partial charge in [-0.1, -0.05) is 28.4 Å². The summed E-state index contributed by atoms with van der Waals surface area (Å²) < 4.78 is 56.1. The normalized spacial score (nSPS) is 21.5. The van der Waals surface area contributed by atoms with Crippen molar-refractivity contribution in [2.45, 2.75) is 43.8 Å². The van der Waals surface area contributed by atoms with Crippen molar-refractivity contribution in [3.63, 3.8) is 0 Å². The third-order valence-electron chi connectivity index (χ3n) is 5.13. The summed E-state index contributed by atoms with van der Waals surface area (Å²) >= 11 is 12.4. The van der Waals surface area contributed by atoms with Crippen molar-refractivity contribution in [3.8, 4) is 0 Å². The molecular formula is C18H13Cl2F4NO3S. The molecule has 1 aliphatic carbocycles. The van der Waals surface area contributed by atoms with Gasteiger partial charge in [-0.2, -0.15) is 13.2 Å². The van der Waals surface area contributed by atoms with E-state index in [1.165, 1.54) is 0 Å². The van der Waals surface area contributed by atoms with Gasteiger partial charge >= 0.3 is 6.18 Å². The van der Waals surface area contributed by atoms with E-state index in [4.69, 9.17) is 28.0 Å². The van der Waals surface area contributed by atoms with E-state index < -0.39 is 45.9 Å². The second-order valence-electron chi connectivity index (χ2n) is 6.86. The van der Waals surface area contributed by atoms with E-state index in [9.17, 15) is 27.8 Å². The topological polar surface area (TPSA) is 62.0 Å². The number of alkyl halides is 3. The number of nitrogens with zero attached hydrogens (tertiary/aromatic N) is 1. The fraction of sp³-hybridized carbons (Fsp3) is 0.389. The van der Waals surface area contributed by atoms with Gasteiger partial charge in [0, 0.05) is 5.56 Å². The van der Waals surface area contributed by atoms with Crippen LogP contribution in [0.3, 0.4) is 0 Å². The lowest BCUT2D eigenvalue weighted by Crippen LogP contribution is -2.42. The zero-order chi connectivity index (χ0) is 21.1. The van der Waals surface area contributed by atoms with Crippen LogP contribution in [0.2, 0.25) is 10.0 Å². The van der Waals surface area contributed by atoms with E-state index in [-0.39, 0.29) is 5.71 Å². The number of hydrogen-bond acceptors (Lipinski definition) is 5. The Bertz CT molecular complexity index is 998. The Hall–Kier alpha value is -1.39. The molecule has 0 spiro atoms. The van der Waals surface area contributed by atoms with Crippen molar-refractivity contribution in [3.05, 3.63) is 54.4 Å². The smallest absolute Gasteiger partial charge is 0.374 e. The zero-order valence-corrected chi connectivity index (χ0v) is 16.8. The lowest BCUT2D eigenvalue weighted by molar-refractivity contribution is -0.275. The fourth-order valence-corrected chi connectivity index (χ4v) is 5.49. The van der Waals surface area contributed by atoms with E-state index >= 15 is 0 Å². The summed E-state index contributed by atoms with van der Waals surface area (Å²) in [7, 11) is 0. The number of rotatable bonds is 3. The second-order valence-corrected chi connectivity index (χ2v) is 8.73.